The Bertz CT molecular complexity index is 4240. The molecule has 0 aliphatic rings. The van der Waals surface area contributed by atoms with Crippen molar-refractivity contribution >= 4 is 38.7 Å². The molecule has 0 aliphatic carbocycles. The van der Waals surface area contributed by atoms with Gasteiger partial charge in [-0.15, -0.1) is 125 Å². The van der Waals surface area contributed by atoms with Gasteiger partial charge in [-0.3, -0.25) is 17.6 Å². The number of pyridine rings is 7. The van der Waals surface area contributed by atoms with Crippen molar-refractivity contribution < 1.29 is 168 Å². The van der Waals surface area contributed by atoms with E-state index in [9.17, 15) is 22.4 Å². The summed E-state index contributed by atoms with van der Waals surface area (Å²) >= 11 is 3.39. The van der Waals surface area contributed by atoms with Crippen LogP contribution < -0.4 is 0 Å². The molecule has 573 valence electrons. The first-order valence-corrected chi connectivity index (χ1v) is 33.0. The topological polar surface area (TPSA) is 208 Å². The summed E-state index contributed by atoms with van der Waals surface area (Å²) in [5.41, 5.74) is 7.38. The minimum absolute atomic E-state index is 0. The van der Waals surface area contributed by atoms with Gasteiger partial charge in [-0.1, -0.05) is 119 Å². The van der Waals surface area contributed by atoms with Crippen molar-refractivity contribution in [2.45, 2.75) is 65.0 Å². The number of fused-ring (bicyclic) bond motifs is 1. The van der Waals surface area contributed by atoms with E-state index in [0.29, 0.717) is 24.2 Å². The van der Waals surface area contributed by atoms with Crippen molar-refractivity contribution in [1.29, 1.82) is 0 Å². The second-order valence-electron chi connectivity index (χ2n) is 21.3. The van der Waals surface area contributed by atoms with E-state index in [0.717, 1.165) is 67.9 Å². The van der Waals surface area contributed by atoms with Gasteiger partial charge >= 0.3 is 5.97 Å². The van der Waals surface area contributed by atoms with Crippen LogP contribution in [0.25, 0.3) is 76.3 Å². The van der Waals surface area contributed by atoms with Crippen LogP contribution in [0, 0.1) is 59.7 Å². The first-order valence-electron chi connectivity index (χ1n) is 31.3. The van der Waals surface area contributed by atoms with Crippen LogP contribution in [0.4, 0.5) is 17.6 Å². The summed E-state index contributed by atoms with van der Waals surface area (Å²) in [5, 5.41) is 45.7. The third kappa shape index (κ3) is 39.6. The summed E-state index contributed by atoms with van der Waals surface area (Å²) in [4.78, 5) is 40.8. The molecule has 0 saturated carbocycles. The number of aromatic nitrogens is 7. The Morgan fingerprint density at radius 1 is 0.402 bits per heavy atom. The molecule has 4 unspecified atom stereocenters. The molecule has 5 N–H and O–H groups in total. The number of carbonyl (C=O) groups is 1. The molecule has 14 rings (SSSR count). The van der Waals surface area contributed by atoms with Crippen LogP contribution in [0.2, 0.25) is 0 Å². The SMILES string of the molecule is CC(O)CC(C)O.CC(O)CC(C)O.Fc1c[c-]c(-c2ccccn2)c(F)c1.Fc1c[c-]c(-c2ccccn2)c(F)c1.O=C(O)c1ccccn1.[Pd].[Pd].[Pd].[Rh].[Rh].[Rh].[c-]1c(-c2ccccn2)sc2ccccc12.[c-]1ccccc1-c1ccccn1.[c-]1ccccc1-c1ccccn1.[c-]1ccsc1-c1ccccn1. The quantitative estimate of drug-likeness (QED) is 0.0464. The first-order chi connectivity index (χ1) is 48.9. The van der Waals surface area contributed by atoms with Crippen molar-refractivity contribution in [2.24, 2.45) is 0 Å². The van der Waals surface area contributed by atoms with Crippen molar-refractivity contribution in [3.63, 3.8) is 0 Å². The molecule has 5 aromatic carbocycles. The van der Waals surface area contributed by atoms with Gasteiger partial charge < -0.3 is 55.4 Å². The maximum Gasteiger partial charge on any atom is 0.354 e. The molecule has 0 spiro atoms. The number of halogens is 4. The molecular weight excluding hydrogens is 1950 g/mol. The Labute approximate surface area is 709 Å². The Morgan fingerprint density at radius 2 is 0.748 bits per heavy atom. The predicted octanol–water partition coefficient (Wildman–Crippen LogP) is 18.2. The molecule has 0 saturated heterocycles. The maximum absolute atomic E-state index is 13.2. The molecule has 9 heterocycles. The van der Waals surface area contributed by atoms with Gasteiger partial charge in [0, 0.05) is 192 Å². The van der Waals surface area contributed by atoms with E-state index in [2.05, 4.69) is 89.5 Å². The number of hydrogen-bond acceptors (Lipinski definition) is 14. The normalized spacial score (nSPS) is 10.5. The van der Waals surface area contributed by atoms with Gasteiger partial charge in [-0.05, 0) is 127 Å². The van der Waals surface area contributed by atoms with E-state index in [1.807, 2.05) is 145 Å². The van der Waals surface area contributed by atoms with Gasteiger partial charge in [0.05, 0.1) is 24.4 Å². The fraction of sp³-hybridized carbons (Fsp3) is 0.122. The number of aliphatic hydroxyl groups is 4. The second kappa shape index (κ2) is 57.8. The van der Waals surface area contributed by atoms with Crippen molar-refractivity contribution in [3.05, 3.63) is 345 Å². The average molecular weight is 2020 g/mol. The Hall–Kier alpha value is -7.30. The number of hydrogen-bond donors (Lipinski definition) is 5. The monoisotopic (exact) mass is 2020 g/mol. The number of aromatic carboxylic acids is 1. The van der Waals surface area contributed by atoms with E-state index in [1.165, 1.54) is 22.3 Å². The van der Waals surface area contributed by atoms with Crippen LogP contribution in [-0.4, -0.2) is 90.8 Å². The maximum atomic E-state index is 13.2. The van der Waals surface area contributed by atoms with Crippen LogP contribution in [0.5, 0.6) is 0 Å². The molecule has 3 radical (unpaired) electrons. The zero-order valence-electron chi connectivity index (χ0n) is 57.3. The van der Waals surface area contributed by atoms with Gasteiger partial charge in [0.25, 0.3) is 0 Å². The average Bonchev–Trinajstić information content (AvgIpc) is 1.67. The second-order valence-corrected chi connectivity index (χ2v) is 23.2. The molecule has 9 aromatic heterocycles. The van der Waals surface area contributed by atoms with Gasteiger partial charge in [-0.25, -0.2) is 32.5 Å². The molecule has 0 amide bonds. The van der Waals surface area contributed by atoms with E-state index in [-0.39, 0.29) is 161 Å². The number of aliphatic hydroxyl groups excluding tert-OH is 4. The van der Waals surface area contributed by atoms with E-state index in [4.69, 9.17) is 25.5 Å². The molecule has 107 heavy (non-hydrogen) atoms. The summed E-state index contributed by atoms with van der Waals surface area (Å²) < 4.78 is 52.9. The third-order valence-corrected chi connectivity index (χ3v) is 14.6. The van der Waals surface area contributed by atoms with Gasteiger partial charge in [-0.2, -0.15) is 12.1 Å². The van der Waals surface area contributed by atoms with E-state index in [1.54, 1.807) is 130 Å². The van der Waals surface area contributed by atoms with Crippen LogP contribution in [-0.2, 0) is 120 Å². The standard InChI is InChI=1S/C13H8NS.2C11H6F2N.2C11H8N.C9H6NS.C6H5NO2.2C5H12O2.3Pd.3Rh/c1-2-7-12-10(5-1)9-13(15-12)11-6-3-4-8-14-11;2*12-8-4-5-9(10(13)7-8)11-3-1-2-6-14-11;2*1-2-6-10(7-3-1)11-8-4-5-9-12-11;1-2-6-10-8(4-1)9-5-3-7-11-9;8-6(9)5-3-1-2-4-7-5;2*1-4(6)3-5(2)7;;;;;;/h1-8H;2*1-4,6-7H;2*1-6,8-9H;1-4,6-7H;1-4H,(H,8,9);2*4-7H,3H2,1-2H3;;;;;;/q6*-1;;;;;;;;;. The number of rotatable bonds is 11. The van der Waals surface area contributed by atoms with Crippen LogP contribution in [0.3, 0.4) is 0 Å². The third-order valence-electron chi connectivity index (χ3n) is 12.7. The summed E-state index contributed by atoms with van der Waals surface area (Å²) in [7, 11) is 0. The number of nitrogens with zero attached hydrogens (tertiary/aromatic N) is 7. The molecule has 14 aromatic rings. The molecular formula is C82H71F4N7O6Pd3Rh3S2-6. The minimum Gasteiger partial charge on any atom is -0.477 e. The van der Waals surface area contributed by atoms with E-state index >= 15 is 0 Å². The number of thiophene rings is 2. The zero-order chi connectivity index (χ0) is 72.4. The van der Waals surface area contributed by atoms with Crippen LogP contribution >= 0.6 is 22.7 Å². The summed E-state index contributed by atoms with van der Waals surface area (Å²) in [5.74, 6) is -3.56. The molecule has 25 heteroatoms. The van der Waals surface area contributed by atoms with Crippen molar-refractivity contribution in [1.82, 2.24) is 34.9 Å². The summed E-state index contributed by atoms with van der Waals surface area (Å²) in [6, 6.07) is 85.9. The fourth-order valence-electron chi connectivity index (χ4n) is 8.34. The van der Waals surface area contributed by atoms with Gasteiger partial charge in [0.1, 0.15) is 5.69 Å². The van der Waals surface area contributed by atoms with Crippen molar-refractivity contribution in [3.8, 4) is 66.2 Å². The van der Waals surface area contributed by atoms with E-state index < -0.39 is 29.2 Å². The predicted molar refractivity (Wildman–Crippen MR) is 391 cm³/mol. The molecule has 4 atom stereocenters. The Balaban J connectivity index is 0.00000118. The largest absolute Gasteiger partial charge is 0.477 e. The first kappa shape index (κ1) is 99.7. The number of carboxylic acid groups (broad SMARTS) is 1. The number of benzene rings is 5. The fourth-order valence-corrected chi connectivity index (χ4v) is 9.97. The Kier molecular flexibility index (Phi) is 53.8. The minimum atomic E-state index is -0.990. The molecule has 0 bridgehead atoms. The Morgan fingerprint density at radius 3 is 1.04 bits per heavy atom. The molecule has 0 fully saturated rings. The summed E-state index contributed by atoms with van der Waals surface area (Å²) in [6.07, 6.45) is 11.2. The zero-order valence-corrected chi connectivity index (χ0v) is 68.5. The molecule has 0 aliphatic heterocycles. The molecule has 13 nitrogen and oxygen atoms in total. The van der Waals surface area contributed by atoms with Crippen molar-refractivity contribution in [2.75, 3.05) is 0 Å². The van der Waals surface area contributed by atoms with Gasteiger partial charge in [0.2, 0.25) is 0 Å². The number of carboxylic acids is 1. The summed E-state index contributed by atoms with van der Waals surface area (Å²) in [6.45, 7) is 6.64. The van der Waals surface area contributed by atoms with Crippen LogP contribution in [0.15, 0.2) is 279 Å². The smallest absolute Gasteiger partial charge is 0.354 e. The van der Waals surface area contributed by atoms with Crippen LogP contribution in [0.1, 0.15) is 51.0 Å². The van der Waals surface area contributed by atoms with Gasteiger partial charge in [0.15, 0.2) is 0 Å².